The highest BCUT2D eigenvalue weighted by atomic mass is 16.5. The number of nitrogens with zero attached hydrogens (tertiary/aromatic N) is 2. The van der Waals surface area contributed by atoms with Crippen molar-refractivity contribution in [3.8, 4) is 5.75 Å². The zero-order chi connectivity index (χ0) is 11.8. The van der Waals surface area contributed by atoms with Gasteiger partial charge in [0, 0.05) is 13.1 Å². The Morgan fingerprint density at radius 3 is 3.12 bits per heavy atom. The van der Waals surface area contributed by atoms with E-state index < -0.39 is 0 Å². The number of carbonyl (C=O) groups is 1. The van der Waals surface area contributed by atoms with Gasteiger partial charge in [-0.3, -0.25) is 9.48 Å². The fourth-order valence-electron chi connectivity index (χ4n) is 1.87. The topological polar surface area (TPSA) is 56.2 Å². The van der Waals surface area contributed by atoms with Crippen LogP contribution in [0.25, 0.3) is 10.9 Å². The van der Waals surface area contributed by atoms with Crippen molar-refractivity contribution in [3.63, 3.8) is 0 Å². The number of aromatic nitrogens is 2. The zero-order valence-electron chi connectivity index (χ0n) is 9.30. The molecule has 1 N–H and O–H groups in total. The first-order valence-electron chi connectivity index (χ1n) is 5.31. The molecule has 0 spiro atoms. The summed E-state index contributed by atoms with van der Waals surface area (Å²) in [7, 11) is 1.88. The number of carbonyl (C=O) groups excluding carboxylic acids is 1. The Balaban J connectivity index is 2.00. The maximum atomic E-state index is 11.0. The molecule has 0 saturated heterocycles. The number of benzene rings is 1. The largest absolute Gasteiger partial charge is 0.459 e. The van der Waals surface area contributed by atoms with E-state index in [4.69, 9.17) is 4.74 Å². The number of amides is 1. The van der Waals surface area contributed by atoms with Gasteiger partial charge in [-0.05, 0) is 12.1 Å². The van der Waals surface area contributed by atoms with Crippen molar-refractivity contribution in [2.75, 3.05) is 6.54 Å². The highest BCUT2D eigenvalue weighted by Crippen LogP contribution is 2.26. The summed E-state index contributed by atoms with van der Waals surface area (Å²) in [6.07, 6.45) is 3.23. The monoisotopic (exact) mass is 229 g/mol. The summed E-state index contributed by atoms with van der Waals surface area (Å²) in [5.41, 5.74) is 1.00. The molecular formula is C12H11N3O2. The van der Waals surface area contributed by atoms with Gasteiger partial charge in [-0.2, -0.15) is 5.10 Å². The third kappa shape index (κ3) is 1.65. The molecule has 0 atom stereocenters. The second-order valence-corrected chi connectivity index (χ2v) is 3.89. The molecule has 1 aliphatic heterocycles. The molecule has 2 heterocycles. The minimum Gasteiger partial charge on any atom is -0.459 e. The summed E-state index contributed by atoms with van der Waals surface area (Å²) in [4.78, 5) is 11.0. The van der Waals surface area contributed by atoms with Crippen LogP contribution in [0.5, 0.6) is 5.75 Å². The minimum absolute atomic E-state index is 0.113. The number of hydrogen-bond donors (Lipinski definition) is 1. The maximum absolute atomic E-state index is 11.0. The summed E-state index contributed by atoms with van der Waals surface area (Å²) < 4.78 is 7.48. The third-order valence-corrected chi connectivity index (χ3v) is 2.72. The number of ether oxygens (including phenoxy) is 1. The molecule has 0 fully saturated rings. The number of hydrogen-bond acceptors (Lipinski definition) is 3. The van der Waals surface area contributed by atoms with Gasteiger partial charge in [-0.25, -0.2) is 0 Å². The van der Waals surface area contributed by atoms with E-state index in [0.29, 0.717) is 12.3 Å². The van der Waals surface area contributed by atoms with Crippen molar-refractivity contribution in [1.29, 1.82) is 0 Å². The molecule has 86 valence electrons. The van der Waals surface area contributed by atoms with Crippen molar-refractivity contribution in [2.24, 2.45) is 7.05 Å². The van der Waals surface area contributed by atoms with Crippen LogP contribution in [0.4, 0.5) is 0 Å². The van der Waals surface area contributed by atoms with Gasteiger partial charge in [0.25, 0.3) is 0 Å². The summed E-state index contributed by atoms with van der Waals surface area (Å²) in [5.74, 6) is 1.24. The van der Waals surface area contributed by atoms with Crippen molar-refractivity contribution in [3.05, 3.63) is 36.2 Å². The van der Waals surface area contributed by atoms with Crippen LogP contribution in [-0.4, -0.2) is 22.2 Å². The summed E-state index contributed by atoms with van der Waals surface area (Å²) in [6.45, 7) is 0.440. The van der Waals surface area contributed by atoms with Crippen LogP contribution in [-0.2, 0) is 11.8 Å². The maximum Gasteiger partial charge on any atom is 0.247 e. The van der Waals surface area contributed by atoms with E-state index in [2.05, 4.69) is 10.4 Å². The average molecular weight is 229 g/mol. The molecule has 5 nitrogen and oxygen atoms in total. The van der Waals surface area contributed by atoms with Crippen LogP contribution < -0.4 is 10.1 Å². The lowest BCUT2D eigenvalue weighted by molar-refractivity contribution is -0.115. The second-order valence-electron chi connectivity index (χ2n) is 3.89. The predicted octanol–water partition coefficient (Wildman–Crippen LogP) is 0.966. The predicted molar refractivity (Wildman–Crippen MR) is 62.4 cm³/mol. The molecule has 2 aromatic rings. The van der Waals surface area contributed by atoms with Crippen LogP contribution in [0.1, 0.15) is 0 Å². The Kier molecular flexibility index (Phi) is 2.11. The Hall–Kier alpha value is -2.30. The molecule has 0 saturated carbocycles. The van der Waals surface area contributed by atoms with E-state index in [1.54, 1.807) is 10.9 Å². The third-order valence-electron chi connectivity index (χ3n) is 2.72. The van der Waals surface area contributed by atoms with E-state index in [1.807, 2.05) is 25.2 Å². The first-order chi connectivity index (χ1) is 8.24. The molecule has 3 rings (SSSR count). The van der Waals surface area contributed by atoms with Gasteiger partial charge in [0.15, 0.2) is 0 Å². The Labute approximate surface area is 97.7 Å². The Morgan fingerprint density at radius 1 is 1.47 bits per heavy atom. The molecule has 0 radical (unpaired) electrons. The molecule has 1 aromatic carbocycles. The van der Waals surface area contributed by atoms with Crippen LogP contribution in [0.2, 0.25) is 0 Å². The first-order valence-corrected chi connectivity index (χ1v) is 5.31. The molecule has 1 aliphatic rings. The molecule has 0 unspecified atom stereocenters. The number of nitrogens with one attached hydrogen (secondary N) is 1. The van der Waals surface area contributed by atoms with Crippen LogP contribution in [0.15, 0.2) is 36.2 Å². The van der Waals surface area contributed by atoms with Gasteiger partial charge in [-0.15, -0.1) is 0 Å². The molecule has 1 aromatic heterocycles. The smallest absolute Gasteiger partial charge is 0.247 e. The standard InChI is InChI=1S/C12H11N3O2/c1-15-10-3-2-4-11(9(10)7-14-15)17-8-5-12(16)13-6-8/h2-5,7H,6H2,1H3,(H,13,16). The van der Waals surface area contributed by atoms with E-state index in [0.717, 1.165) is 16.7 Å². The molecular weight excluding hydrogens is 218 g/mol. The highest BCUT2D eigenvalue weighted by Gasteiger charge is 2.14. The van der Waals surface area contributed by atoms with Crippen LogP contribution >= 0.6 is 0 Å². The van der Waals surface area contributed by atoms with Gasteiger partial charge in [0.1, 0.15) is 11.5 Å². The van der Waals surface area contributed by atoms with Gasteiger partial charge in [-0.1, -0.05) is 6.07 Å². The summed E-state index contributed by atoms with van der Waals surface area (Å²) >= 11 is 0. The van der Waals surface area contributed by atoms with Gasteiger partial charge in [0.2, 0.25) is 5.91 Å². The lowest BCUT2D eigenvalue weighted by atomic mass is 10.2. The van der Waals surface area contributed by atoms with Crippen molar-refractivity contribution >= 4 is 16.8 Å². The molecule has 5 heteroatoms. The van der Waals surface area contributed by atoms with Crippen LogP contribution in [0.3, 0.4) is 0 Å². The van der Waals surface area contributed by atoms with Gasteiger partial charge >= 0.3 is 0 Å². The van der Waals surface area contributed by atoms with E-state index >= 15 is 0 Å². The molecule has 0 bridgehead atoms. The summed E-state index contributed by atoms with van der Waals surface area (Å²) in [5, 5.41) is 7.79. The van der Waals surface area contributed by atoms with E-state index in [9.17, 15) is 4.79 Å². The molecule has 1 amide bonds. The SMILES string of the molecule is Cn1ncc2c(OC3=CC(=O)NC3)cccc21. The average Bonchev–Trinajstić information content (AvgIpc) is 2.88. The zero-order valence-corrected chi connectivity index (χ0v) is 9.30. The van der Waals surface area contributed by atoms with Crippen molar-refractivity contribution in [1.82, 2.24) is 15.1 Å². The first kappa shape index (κ1) is 9.89. The lowest BCUT2D eigenvalue weighted by Gasteiger charge is -2.06. The fraction of sp³-hybridized carbons (Fsp3) is 0.167. The van der Waals surface area contributed by atoms with Gasteiger partial charge < -0.3 is 10.1 Å². The minimum atomic E-state index is -0.113. The Bertz CT molecular complexity index is 628. The number of rotatable bonds is 2. The second kappa shape index (κ2) is 3.62. The highest BCUT2D eigenvalue weighted by molar-refractivity contribution is 5.91. The number of fused-ring (bicyclic) bond motifs is 1. The quantitative estimate of drug-likeness (QED) is 0.834. The van der Waals surface area contributed by atoms with E-state index in [1.165, 1.54) is 6.08 Å². The molecule has 17 heavy (non-hydrogen) atoms. The lowest BCUT2D eigenvalue weighted by Crippen LogP contribution is -2.15. The normalized spacial score (nSPS) is 14.9. The van der Waals surface area contributed by atoms with Crippen molar-refractivity contribution < 1.29 is 9.53 Å². The number of aryl methyl sites for hydroxylation is 1. The summed E-state index contributed by atoms with van der Waals surface area (Å²) in [6, 6.07) is 5.75. The van der Waals surface area contributed by atoms with E-state index in [-0.39, 0.29) is 5.91 Å². The van der Waals surface area contributed by atoms with Gasteiger partial charge in [0.05, 0.1) is 23.6 Å². The van der Waals surface area contributed by atoms with Crippen molar-refractivity contribution in [2.45, 2.75) is 0 Å². The molecule has 0 aliphatic carbocycles. The fourth-order valence-corrected chi connectivity index (χ4v) is 1.87. The van der Waals surface area contributed by atoms with Crippen LogP contribution in [0, 0.1) is 0 Å². The Morgan fingerprint density at radius 2 is 2.35 bits per heavy atom.